The van der Waals surface area contributed by atoms with Crippen LogP contribution >= 0.6 is 0 Å². The number of pyridine rings is 1. The maximum atomic E-state index is 10.3. The third-order valence-corrected chi connectivity index (χ3v) is 3.98. The Morgan fingerprint density at radius 2 is 1.76 bits per heavy atom. The fourth-order valence-corrected chi connectivity index (χ4v) is 2.65. The first kappa shape index (κ1) is 12.5. The Morgan fingerprint density at radius 1 is 0.952 bits per heavy atom. The highest BCUT2D eigenvalue weighted by molar-refractivity contribution is 5.82. The lowest BCUT2D eigenvalue weighted by Crippen LogP contribution is -2.46. The zero-order valence-electron chi connectivity index (χ0n) is 11.5. The lowest BCUT2D eigenvalue weighted by molar-refractivity contribution is -0.184. The summed E-state index contributed by atoms with van der Waals surface area (Å²) in [4.78, 5) is 4.70. The first-order valence-electron chi connectivity index (χ1n) is 7.01. The largest absolute Gasteiger partial charge is 0.380 e. The number of ether oxygens (including phenoxy) is 1. The third-order valence-electron chi connectivity index (χ3n) is 3.98. The van der Waals surface area contributed by atoms with Gasteiger partial charge >= 0.3 is 0 Å². The van der Waals surface area contributed by atoms with E-state index in [2.05, 4.69) is 18.2 Å². The minimum atomic E-state index is -0.827. The molecule has 1 aliphatic rings. The van der Waals surface area contributed by atoms with Crippen LogP contribution in [-0.4, -0.2) is 23.3 Å². The molecule has 21 heavy (non-hydrogen) atoms. The van der Waals surface area contributed by atoms with E-state index >= 15 is 0 Å². The van der Waals surface area contributed by atoms with Crippen LogP contribution in [0, 0.1) is 0 Å². The van der Waals surface area contributed by atoms with Crippen molar-refractivity contribution in [3.8, 4) is 11.3 Å². The van der Waals surface area contributed by atoms with Crippen LogP contribution in [0.3, 0.4) is 0 Å². The van der Waals surface area contributed by atoms with Crippen molar-refractivity contribution >= 4 is 10.9 Å². The van der Waals surface area contributed by atoms with Gasteiger partial charge in [0.1, 0.15) is 5.60 Å². The van der Waals surface area contributed by atoms with E-state index in [1.54, 1.807) is 0 Å². The minimum absolute atomic E-state index is 0.369. The lowest BCUT2D eigenvalue weighted by Gasteiger charge is -2.36. The summed E-state index contributed by atoms with van der Waals surface area (Å²) < 4.78 is 5.12. The molecule has 3 heteroatoms. The van der Waals surface area contributed by atoms with Gasteiger partial charge in [0.05, 0.1) is 24.4 Å². The fraction of sp³-hybridized carbons (Fsp3) is 0.167. The Labute approximate surface area is 122 Å². The number of nitrogens with zero attached hydrogens (tertiary/aromatic N) is 1. The van der Waals surface area contributed by atoms with Crippen molar-refractivity contribution < 1.29 is 9.84 Å². The number of aromatic nitrogens is 1. The van der Waals surface area contributed by atoms with Crippen LogP contribution < -0.4 is 0 Å². The van der Waals surface area contributed by atoms with Gasteiger partial charge in [-0.25, -0.2) is 4.98 Å². The predicted molar refractivity (Wildman–Crippen MR) is 81.9 cm³/mol. The maximum Gasteiger partial charge on any atom is 0.136 e. The molecule has 3 nitrogen and oxygen atoms in total. The molecule has 0 spiro atoms. The number of fused-ring (bicyclic) bond motifs is 1. The molecule has 0 amide bonds. The minimum Gasteiger partial charge on any atom is -0.380 e. The van der Waals surface area contributed by atoms with Crippen LogP contribution in [0.4, 0.5) is 0 Å². The Hall–Kier alpha value is -2.23. The summed E-state index contributed by atoms with van der Waals surface area (Å²) in [5.41, 5.74) is 3.07. The number of hydrogen-bond acceptors (Lipinski definition) is 3. The van der Waals surface area contributed by atoms with E-state index < -0.39 is 5.60 Å². The van der Waals surface area contributed by atoms with Crippen LogP contribution in [0.5, 0.6) is 0 Å². The standard InChI is InChI=1S/C18H15NO2/c20-18(11-21-12-18)15-7-9-17-14(10-15)6-8-16(19-17)13-4-2-1-3-5-13/h1-10,20H,11-12H2. The van der Waals surface area contributed by atoms with Crippen LogP contribution in [0.1, 0.15) is 5.56 Å². The second-order valence-corrected chi connectivity index (χ2v) is 5.49. The van der Waals surface area contributed by atoms with Gasteiger partial charge in [-0.3, -0.25) is 0 Å². The Kier molecular flexibility index (Phi) is 2.77. The van der Waals surface area contributed by atoms with Gasteiger partial charge in [-0.2, -0.15) is 0 Å². The molecule has 1 N–H and O–H groups in total. The number of hydrogen-bond donors (Lipinski definition) is 1. The highest BCUT2D eigenvalue weighted by Gasteiger charge is 2.37. The Balaban J connectivity index is 1.78. The van der Waals surface area contributed by atoms with Crippen LogP contribution in [0.2, 0.25) is 0 Å². The van der Waals surface area contributed by atoms with Crippen LogP contribution in [-0.2, 0) is 10.3 Å². The molecule has 104 valence electrons. The van der Waals surface area contributed by atoms with Crippen LogP contribution in [0.15, 0.2) is 60.7 Å². The fourth-order valence-electron chi connectivity index (χ4n) is 2.65. The molecule has 0 aliphatic carbocycles. The van der Waals surface area contributed by atoms with Crippen molar-refractivity contribution in [2.24, 2.45) is 0 Å². The molecule has 1 saturated heterocycles. The molecular formula is C18H15NO2. The zero-order chi connectivity index (χ0) is 14.3. The highest BCUT2D eigenvalue weighted by Crippen LogP contribution is 2.31. The van der Waals surface area contributed by atoms with Gasteiger partial charge in [-0.05, 0) is 23.8 Å². The summed E-state index contributed by atoms with van der Waals surface area (Å²) in [6.07, 6.45) is 0. The van der Waals surface area contributed by atoms with Gasteiger partial charge in [0.25, 0.3) is 0 Å². The van der Waals surface area contributed by atoms with E-state index in [1.807, 2.05) is 42.5 Å². The van der Waals surface area contributed by atoms with Gasteiger partial charge in [0.2, 0.25) is 0 Å². The number of benzene rings is 2. The number of aliphatic hydroxyl groups is 1. The Bertz CT molecular complexity index is 795. The molecule has 1 aromatic heterocycles. The van der Waals surface area contributed by atoms with E-state index in [4.69, 9.17) is 9.72 Å². The third kappa shape index (κ3) is 2.11. The van der Waals surface area contributed by atoms with Gasteiger partial charge in [-0.1, -0.05) is 42.5 Å². The molecular weight excluding hydrogens is 262 g/mol. The van der Waals surface area contributed by atoms with Crippen molar-refractivity contribution in [3.63, 3.8) is 0 Å². The molecule has 2 heterocycles. The highest BCUT2D eigenvalue weighted by atomic mass is 16.5. The molecule has 4 rings (SSSR count). The average Bonchev–Trinajstić information content (AvgIpc) is 2.52. The molecule has 0 atom stereocenters. The summed E-state index contributed by atoms with van der Waals surface area (Å²) in [6, 6.07) is 20.1. The molecule has 3 aromatic rings. The predicted octanol–water partition coefficient (Wildman–Crippen LogP) is 3.12. The summed E-state index contributed by atoms with van der Waals surface area (Å²) in [7, 11) is 0. The van der Waals surface area contributed by atoms with E-state index in [1.165, 1.54) is 0 Å². The van der Waals surface area contributed by atoms with Crippen molar-refractivity contribution in [2.45, 2.75) is 5.60 Å². The van der Waals surface area contributed by atoms with Gasteiger partial charge in [0.15, 0.2) is 0 Å². The van der Waals surface area contributed by atoms with E-state index in [-0.39, 0.29) is 0 Å². The second-order valence-electron chi connectivity index (χ2n) is 5.49. The van der Waals surface area contributed by atoms with Crippen molar-refractivity contribution in [2.75, 3.05) is 13.2 Å². The SMILES string of the molecule is OC1(c2ccc3nc(-c4ccccc4)ccc3c2)COC1. The monoisotopic (exact) mass is 277 g/mol. The average molecular weight is 277 g/mol. The Morgan fingerprint density at radius 3 is 2.48 bits per heavy atom. The van der Waals surface area contributed by atoms with Gasteiger partial charge < -0.3 is 9.84 Å². The van der Waals surface area contributed by atoms with Gasteiger partial charge in [0, 0.05) is 10.9 Å². The summed E-state index contributed by atoms with van der Waals surface area (Å²) in [6.45, 7) is 0.738. The molecule has 0 saturated carbocycles. The topological polar surface area (TPSA) is 42.4 Å². The summed E-state index contributed by atoms with van der Waals surface area (Å²) in [5, 5.41) is 11.4. The van der Waals surface area contributed by atoms with Crippen molar-refractivity contribution in [3.05, 3.63) is 66.2 Å². The van der Waals surface area contributed by atoms with Crippen molar-refractivity contribution in [1.82, 2.24) is 4.98 Å². The quantitative estimate of drug-likeness (QED) is 0.782. The molecule has 0 unspecified atom stereocenters. The summed E-state index contributed by atoms with van der Waals surface area (Å²) in [5.74, 6) is 0. The van der Waals surface area contributed by atoms with E-state index in [9.17, 15) is 5.11 Å². The first-order chi connectivity index (χ1) is 10.2. The molecule has 0 bridgehead atoms. The van der Waals surface area contributed by atoms with Crippen LogP contribution in [0.25, 0.3) is 22.2 Å². The molecule has 1 fully saturated rings. The second kappa shape index (κ2) is 4.65. The normalized spacial score (nSPS) is 16.6. The smallest absolute Gasteiger partial charge is 0.136 e. The lowest BCUT2D eigenvalue weighted by atomic mass is 9.91. The van der Waals surface area contributed by atoms with E-state index in [0.717, 1.165) is 27.7 Å². The van der Waals surface area contributed by atoms with E-state index in [0.29, 0.717) is 13.2 Å². The first-order valence-corrected chi connectivity index (χ1v) is 7.01. The molecule has 0 radical (unpaired) electrons. The molecule has 2 aromatic carbocycles. The maximum absolute atomic E-state index is 10.3. The molecule has 1 aliphatic heterocycles. The van der Waals surface area contributed by atoms with Gasteiger partial charge in [-0.15, -0.1) is 0 Å². The van der Waals surface area contributed by atoms with Crippen molar-refractivity contribution in [1.29, 1.82) is 0 Å². The summed E-state index contributed by atoms with van der Waals surface area (Å²) >= 11 is 0. The number of rotatable bonds is 2. The zero-order valence-corrected chi connectivity index (χ0v) is 11.5.